The van der Waals surface area contributed by atoms with Crippen LogP contribution in [-0.2, 0) is 4.74 Å². The number of benzene rings is 1. The van der Waals surface area contributed by atoms with Crippen molar-refractivity contribution in [1.82, 2.24) is 5.32 Å². The summed E-state index contributed by atoms with van der Waals surface area (Å²) in [5.41, 5.74) is 1.24. The van der Waals surface area contributed by atoms with Gasteiger partial charge < -0.3 is 14.8 Å². The number of nitrogens with one attached hydrogen (secondary N) is 1. The molecular formula is C17H27NO2. The minimum atomic E-state index is 0.197. The van der Waals surface area contributed by atoms with Gasteiger partial charge >= 0.3 is 0 Å². The predicted molar refractivity (Wildman–Crippen MR) is 82.2 cm³/mol. The van der Waals surface area contributed by atoms with Gasteiger partial charge in [0.1, 0.15) is 5.75 Å². The zero-order valence-electron chi connectivity index (χ0n) is 12.7. The molecular weight excluding hydrogens is 250 g/mol. The summed E-state index contributed by atoms with van der Waals surface area (Å²) in [6, 6.07) is 8.93. The van der Waals surface area contributed by atoms with Gasteiger partial charge in [0.05, 0.1) is 12.7 Å². The Balaban J connectivity index is 1.95. The minimum absolute atomic E-state index is 0.197. The third-order valence-electron chi connectivity index (χ3n) is 3.67. The summed E-state index contributed by atoms with van der Waals surface area (Å²) in [7, 11) is 0. The fraction of sp³-hybridized carbons (Fsp3) is 0.647. The summed E-state index contributed by atoms with van der Waals surface area (Å²) in [5.74, 6) is 0.955. The first-order valence-electron chi connectivity index (χ1n) is 7.91. The van der Waals surface area contributed by atoms with E-state index in [-0.39, 0.29) is 6.10 Å². The van der Waals surface area contributed by atoms with E-state index in [1.807, 2.05) is 6.07 Å². The van der Waals surface area contributed by atoms with Crippen LogP contribution in [0.2, 0.25) is 0 Å². The quantitative estimate of drug-likeness (QED) is 0.824. The molecule has 2 unspecified atom stereocenters. The molecule has 1 aromatic carbocycles. The largest absolute Gasteiger partial charge is 0.494 e. The minimum Gasteiger partial charge on any atom is -0.494 e. The lowest BCUT2D eigenvalue weighted by atomic mass is 9.97. The Morgan fingerprint density at radius 2 is 2.20 bits per heavy atom. The van der Waals surface area contributed by atoms with Gasteiger partial charge in [-0.2, -0.15) is 0 Å². The van der Waals surface area contributed by atoms with Crippen molar-refractivity contribution < 1.29 is 9.47 Å². The van der Waals surface area contributed by atoms with Crippen LogP contribution >= 0.6 is 0 Å². The number of hydrogen-bond acceptors (Lipinski definition) is 3. The Kier molecular flexibility index (Phi) is 6.34. The molecule has 0 amide bonds. The third kappa shape index (κ3) is 4.50. The maximum absolute atomic E-state index is 5.94. The number of rotatable bonds is 7. The second-order valence-electron chi connectivity index (χ2n) is 5.46. The highest BCUT2D eigenvalue weighted by atomic mass is 16.5. The summed E-state index contributed by atoms with van der Waals surface area (Å²) >= 11 is 0. The molecule has 0 aliphatic carbocycles. The van der Waals surface area contributed by atoms with Crippen molar-refractivity contribution in [2.24, 2.45) is 0 Å². The molecule has 0 aromatic heterocycles. The van der Waals surface area contributed by atoms with Crippen molar-refractivity contribution in [3.63, 3.8) is 0 Å². The average Bonchev–Trinajstić information content (AvgIpc) is 2.51. The Morgan fingerprint density at radius 1 is 1.30 bits per heavy atom. The van der Waals surface area contributed by atoms with Crippen molar-refractivity contribution in [3.05, 3.63) is 29.8 Å². The fourth-order valence-electron chi connectivity index (χ4n) is 2.59. The number of hydrogen-bond donors (Lipinski definition) is 1. The molecule has 0 bridgehead atoms. The molecule has 3 heteroatoms. The maximum Gasteiger partial charge on any atom is 0.119 e. The van der Waals surface area contributed by atoms with Gasteiger partial charge in [-0.15, -0.1) is 0 Å². The normalized spacial score (nSPS) is 22.7. The summed E-state index contributed by atoms with van der Waals surface area (Å²) in [6.07, 6.45) is 4.58. The molecule has 0 radical (unpaired) electrons. The molecule has 2 atom stereocenters. The number of ether oxygens (including phenoxy) is 2. The van der Waals surface area contributed by atoms with Gasteiger partial charge in [-0.3, -0.25) is 0 Å². The first-order chi connectivity index (χ1) is 9.83. The van der Waals surface area contributed by atoms with E-state index in [1.54, 1.807) is 0 Å². The van der Waals surface area contributed by atoms with E-state index in [4.69, 9.17) is 9.47 Å². The molecule has 1 aliphatic rings. The lowest BCUT2D eigenvalue weighted by Gasteiger charge is -2.30. The van der Waals surface area contributed by atoms with Crippen molar-refractivity contribution in [1.29, 1.82) is 0 Å². The monoisotopic (exact) mass is 277 g/mol. The van der Waals surface area contributed by atoms with Crippen LogP contribution < -0.4 is 10.1 Å². The summed E-state index contributed by atoms with van der Waals surface area (Å²) in [4.78, 5) is 0. The van der Waals surface area contributed by atoms with Crippen LogP contribution in [0, 0.1) is 0 Å². The van der Waals surface area contributed by atoms with E-state index in [0.717, 1.165) is 44.8 Å². The maximum atomic E-state index is 5.94. The Bertz CT molecular complexity index is 394. The topological polar surface area (TPSA) is 30.5 Å². The first kappa shape index (κ1) is 15.3. The first-order valence-corrected chi connectivity index (χ1v) is 7.91. The molecule has 1 aliphatic heterocycles. The van der Waals surface area contributed by atoms with Gasteiger partial charge in [0, 0.05) is 12.6 Å². The Hall–Kier alpha value is -1.06. The highest BCUT2D eigenvalue weighted by Gasteiger charge is 2.23. The van der Waals surface area contributed by atoms with Gasteiger partial charge in [0.25, 0.3) is 0 Å². The molecule has 1 heterocycles. The molecule has 1 fully saturated rings. The van der Waals surface area contributed by atoms with E-state index in [2.05, 4.69) is 37.4 Å². The molecule has 112 valence electrons. The molecule has 1 N–H and O–H groups in total. The molecule has 0 spiro atoms. The van der Waals surface area contributed by atoms with Crippen molar-refractivity contribution in [2.45, 2.75) is 51.7 Å². The molecule has 1 aromatic rings. The molecule has 2 rings (SSSR count). The van der Waals surface area contributed by atoms with Crippen LogP contribution in [-0.4, -0.2) is 25.8 Å². The molecule has 1 saturated heterocycles. The van der Waals surface area contributed by atoms with Gasteiger partial charge in [0.2, 0.25) is 0 Å². The van der Waals surface area contributed by atoms with E-state index < -0.39 is 0 Å². The van der Waals surface area contributed by atoms with Crippen LogP contribution in [0.25, 0.3) is 0 Å². The Morgan fingerprint density at radius 3 is 3.00 bits per heavy atom. The summed E-state index contributed by atoms with van der Waals surface area (Å²) in [6.45, 7) is 7.04. The van der Waals surface area contributed by atoms with Crippen LogP contribution in [0.1, 0.15) is 51.2 Å². The second kappa shape index (κ2) is 8.28. The smallest absolute Gasteiger partial charge is 0.119 e. The lowest BCUT2D eigenvalue weighted by Crippen LogP contribution is -2.36. The van der Waals surface area contributed by atoms with Crippen LogP contribution in [0.4, 0.5) is 0 Å². The zero-order chi connectivity index (χ0) is 14.2. The highest BCUT2D eigenvalue weighted by molar-refractivity contribution is 5.30. The van der Waals surface area contributed by atoms with E-state index in [9.17, 15) is 0 Å². The predicted octanol–water partition coefficient (Wildman–Crippen LogP) is 3.70. The van der Waals surface area contributed by atoms with Gasteiger partial charge in [-0.1, -0.05) is 26.0 Å². The van der Waals surface area contributed by atoms with E-state index in [0.29, 0.717) is 6.04 Å². The average molecular weight is 277 g/mol. The Labute approximate surface area is 122 Å². The molecule has 20 heavy (non-hydrogen) atoms. The standard InChI is InChI=1S/C17H27NO2/c1-3-9-18-15-8-11-20-17(13-15)14-6-5-7-16(12-14)19-10-4-2/h5-7,12,15,17-18H,3-4,8-11,13H2,1-2H3. The van der Waals surface area contributed by atoms with E-state index >= 15 is 0 Å². The van der Waals surface area contributed by atoms with Crippen molar-refractivity contribution >= 4 is 0 Å². The molecule has 0 saturated carbocycles. The zero-order valence-corrected chi connectivity index (χ0v) is 12.7. The van der Waals surface area contributed by atoms with Crippen molar-refractivity contribution in [3.8, 4) is 5.75 Å². The van der Waals surface area contributed by atoms with Gasteiger partial charge in [0.15, 0.2) is 0 Å². The summed E-state index contributed by atoms with van der Waals surface area (Å²) in [5, 5.41) is 3.61. The highest BCUT2D eigenvalue weighted by Crippen LogP contribution is 2.30. The summed E-state index contributed by atoms with van der Waals surface area (Å²) < 4.78 is 11.6. The van der Waals surface area contributed by atoms with Crippen LogP contribution in [0.15, 0.2) is 24.3 Å². The van der Waals surface area contributed by atoms with Crippen molar-refractivity contribution in [2.75, 3.05) is 19.8 Å². The second-order valence-corrected chi connectivity index (χ2v) is 5.46. The van der Waals surface area contributed by atoms with Crippen LogP contribution in [0.5, 0.6) is 5.75 Å². The van der Waals surface area contributed by atoms with E-state index in [1.165, 1.54) is 12.0 Å². The SMILES string of the molecule is CCCNC1CCOC(c2cccc(OCCC)c2)C1. The van der Waals surface area contributed by atoms with Gasteiger partial charge in [-0.25, -0.2) is 0 Å². The van der Waals surface area contributed by atoms with Gasteiger partial charge in [-0.05, 0) is 49.9 Å². The molecule has 3 nitrogen and oxygen atoms in total. The lowest BCUT2D eigenvalue weighted by molar-refractivity contribution is 0.000233. The van der Waals surface area contributed by atoms with Crippen LogP contribution in [0.3, 0.4) is 0 Å². The third-order valence-corrected chi connectivity index (χ3v) is 3.67. The fourth-order valence-corrected chi connectivity index (χ4v) is 2.59.